The molecule has 4 heteroatoms. The molecule has 1 unspecified atom stereocenters. The van der Waals surface area contributed by atoms with Gasteiger partial charge in [0, 0.05) is 5.69 Å². The molecule has 1 rings (SSSR count). The summed E-state index contributed by atoms with van der Waals surface area (Å²) in [5, 5.41) is 3.13. The van der Waals surface area contributed by atoms with E-state index in [4.69, 9.17) is 0 Å². The van der Waals surface area contributed by atoms with Crippen LogP contribution in [-0.4, -0.2) is 12.5 Å². The second kappa shape index (κ2) is 5.03. The highest BCUT2D eigenvalue weighted by molar-refractivity contribution is 7.81. The van der Waals surface area contributed by atoms with Crippen LogP contribution >= 0.6 is 12.6 Å². The van der Waals surface area contributed by atoms with E-state index in [0.717, 1.165) is 5.69 Å². The van der Waals surface area contributed by atoms with Gasteiger partial charge in [-0.1, -0.05) is 18.2 Å². The van der Waals surface area contributed by atoms with Crippen molar-refractivity contribution in [3.05, 3.63) is 30.3 Å². The molecule has 66 valence electrons. The van der Waals surface area contributed by atoms with Crippen molar-refractivity contribution in [2.24, 2.45) is 0 Å². The largest absolute Gasteiger partial charge is 0.361 e. The molecule has 0 aromatic heterocycles. The molecule has 0 radical (unpaired) electrons. The predicted molar refractivity (Wildman–Crippen MR) is 55.0 cm³/mol. The molecule has 12 heavy (non-hydrogen) atoms. The zero-order valence-electron chi connectivity index (χ0n) is 6.91. The third-order valence-corrected chi connectivity index (χ3v) is 1.62. The maximum Gasteiger partial charge on any atom is 0.135 e. The molecule has 0 heterocycles. The summed E-state index contributed by atoms with van der Waals surface area (Å²) in [5.74, 6) is 0. The number of hydrogen-bond donors (Lipinski definition) is 4. The van der Waals surface area contributed by atoms with Gasteiger partial charge in [0.05, 0.1) is 0 Å². The number of rotatable bonds is 4. The van der Waals surface area contributed by atoms with Gasteiger partial charge in [-0.3, -0.25) is 5.43 Å². The molecule has 0 fully saturated rings. The van der Waals surface area contributed by atoms with Gasteiger partial charge >= 0.3 is 0 Å². The lowest BCUT2D eigenvalue weighted by molar-refractivity contribution is 0.603. The van der Waals surface area contributed by atoms with Gasteiger partial charge in [0.1, 0.15) is 5.50 Å². The SMILES string of the molecule is CNNC(S)Nc1ccccc1. The lowest BCUT2D eigenvalue weighted by Gasteiger charge is -2.14. The minimum atomic E-state index is -0.0857. The van der Waals surface area contributed by atoms with E-state index in [1.54, 1.807) is 7.05 Å². The van der Waals surface area contributed by atoms with Crippen molar-refractivity contribution in [1.29, 1.82) is 0 Å². The van der Waals surface area contributed by atoms with Crippen molar-refractivity contribution in [1.82, 2.24) is 10.9 Å². The van der Waals surface area contributed by atoms with Gasteiger partial charge in [0.25, 0.3) is 0 Å². The quantitative estimate of drug-likeness (QED) is 0.320. The molecule has 0 amide bonds. The Morgan fingerprint density at radius 3 is 2.50 bits per heavy atom. The Kier molecular flexibility index (Phi) is 3.93. The van der Waals surface area contributed by atoms with Gasteiger partial charge < -0.3 is 5.32 Å². The molecule has 0 spiro atoms. The summed E-state index contributed by atoms with van der Waals surface area (Å²) in [6.07, 6.45) is 0. The fourth-order valence-electron chi connectivity index (χ4n) is 0.865. The van der Waals surface area contributed by atoms with E-state index in [1.807, 2.05) is 30.3 Å². The molecule has 3 N–H and O–H groups in total. The second-order valence-electron chi connectivity index (χ2n) is 2.31. The van der Waals surface area contributed by atoms with E-state index in [2.05, 4.69) is 28.8 Å². The molecule has 0 aliphatic rings. The van der Waals surface area contributed by atoms with E-state index in [9.17, 15) is 0 Å². The van der Waals surface area contributed by atoms with Crippen molar-refractivity contribution in [3.8, 4) is 0 Å². The summed E-state index contributed by atoms with van der Waals surface area (Å²) >= 11 is 4.24. The number of thiol groups is 1. The number of benzene rings is 1. The number of anilines is 1. The Hall–Kier alpha value is -0.710. The molecular weight excluding hydrogens is 170 g/mol. The number of hydrogen-bond acceptors (Lipinski definition) is 4. The number of nitrogens with one attached hydrogen (secondary N) is 3. The van der Waals surface area contributed by atoms with Crippen molar-refractivity contribution in [3.63, 3.8) is 0 Å². The van der Waals surface area contributed by atoms with Gasteiger partial charge in [-0.25, -0.2) is 5.43 Å². The number of para-hydroxylation sites is 1. The predicted octanol–water partition coefficient (Wildman–Crippen LogP) is 1.04. The van der Waals surface area contributed by atoms with Crippen molar-refractivity contribution >= 4 is 18.3 Å². The van der Waals surface area contributed by atoms with E-state index >= 15 is 0 Å². The molecule has 0 saturated heterocycles. The van der Waals surface area contributed by atoms with Crippen LogP contribution in [0.3, 0.4) is 0 Å². The Balaban J connectivity index is 2.41. The van der Waals surface area contributed by atoms with Crippen LogP contribution in [-0.2, 0) is 0 Å². The highest BCUT2D eigenvalue weighted by atomic mass is 32.1. The Morgan fingerprint density at radius 1 is 1.25 bits per heavy atom. The van der Waals surface area contributed by atoms with Gasteiger partial charge in [0.2, 0.25) is 0 Å². The summed E-state index contributed by atoms with van der Waals surface area (Å²) in [4.78, 5) is 0. The van der Waals surface area contributed by atoms with Gasteiger partial charge in [-0.2, -0.15) is 0 Å². The van der Waals surface area contributed by atoms with Crippen molar-refractivity contribution < 1.29 is 0 Å². The Labute approximate surface area is 77.9 Å². The standard InChI is InChI=1S/C8H13N3S/c1-9-11-8(12)10-7-5-3-2-4-6-7/h2-6,8-12H,1H3. The summed E-state index contributed by atoms with van der Waals surface area (Å²) in [6, 6.07) is 9.90. The van der Waals surface area contributed by atoms with Crippen LogP contribution in [0.15, 0.2) is 30.3 Å². The molecule has 3 nitrogen and oxygen atoms in total. The Morgan fingerprint density at radius 2 is 1.92 bits per heavy atom. The van der Waals surface area contributed by atoms with Crippen LogP contribution in [0.2, 0.25) is 0 Å². The normalized spacial score (nSPS) is 12.5. The van der Waals surface area contributed by atoms with E-state index in [1.165, 1.54) is 0 Å². The minimum absolute atomic E-state index is 0.0857. The minimum Gasteiger partial charge on any atom is -0.361 e. The fraction of sp³-hybridized carbons (Fsp3) is 0.250. The van der Waals surface area contributed by atoms with Crippen LogP contribution in [0.5, 0.6) is 0 Å². The second-order valence-corrected chi connectivity index (χ2v) is 2.82. The van der Waals surface area contributed by atoms with Crippen LogP contribution in [0, 0.1) is 0 Å². The maximum absolute atomic E-state index is 4.24. The van der Waals surface area contributed by atoms with Crippen LogP contribution in [0.4, 0.5) is 5.69 Å². The first-order chi connectivity index (χ1) is 5.83. The van der Waals surface area contributed by atoms with Crippen LogP contribution < -0.4 is 16.2 Å². The zero-order chi connectivity index (χ0) is 8.81. The first-order valence-corrected chi connectivity index (χ1v) is 4.26. The van der Waals surface area contributed by atoms with Gasteiger partial charge in [-0.05, 0) is 19.2 Å². The van der Waals surface area contributed by atoms with Crippen molar-refractivity contribution in [2.45, 2.75) is 5.50 Å². The van der Waals surface area contributed by atoms with E-state index < -0.39 is 0 Å². The number of hydrazine groups is 1. The smallest absolute Gasteiger partial charge is 0.135 e. The zero-order valence-corrected chi connectivity index (χ0v) is 7.81. The molecule has 1 atom stereocenters. The lowest BCUT2D eigenvalue weighted by atomic mass is 10.3. The third kappa shape index (κ3) is 3.13. The van der Waals surface area contributed by atoms with Crippen LogP contribution in [0.1, 0.15) is 0 Å². The molecule has 1 aromatic carbocycles. The topological polar surface area (TPSA) is 36.1 Å². The average Bonchev–Trinajstić information content (AvgIpc) is 2.06. The monoisotopic (exact) mass is 183 g/mol. The van der Waals surface area contributed by atoms with Crippen LogP contribution in [0.25, 0.3) is 0 Å². The lowest BCUT2D eigenvalue weighted by Crippen LogP contribution is -2.39. The first kappa shape index (κ1) is 9.38. The molecule has 0 bridgehead atoms. The molecule has 0 aliphatic carbocycles. The third-order valence-electron chi connectivity index (χ3n) is 1.36. The van der Waals surface area contributed by atoms with Crippen molar-refractivity contribution in [2.75, 3.05) is 12.4 Å². The van der Waals surface area contributed by atoms with Gasteiger partial charge in [0.15, 0.2) is 0 Å². The average molecular weight is 183 g/mol. The fourth-order valence-corrected chi connectivity index (χ4v) is 1.14. The molecular formula is C8H13N3S. The Bertz CT molecular complexity index is 215. The van der Waals surface area contributed by atoms with E-state index in [0.29, 0.717) is 0 Å². The molecule has 0 saturated carbocycles. The van der Waals surface area contributed by atoms with Gasteiger partial charge in [-0.15, -0.1) is 12.6 Å². The maximum atomic E-state index is 4.24. The first-order valence-electron chi connectivity index (χ1n) is 3.75. The molecule has 1 aromatic rings. The molecule has 0 aliphatic heterocycles. The summed E-state index contributed by atoms with van der Waals surface area (Å²) in [6.45, 7) is 0. The summed E-state index contributed by atoms with van der Waals surface area (Å²) in [7, 11) is 1.80. The summed E-state index contributed by atoms with van der Waals surface area (Å²) in [5.41, 5.74) is 6.65. The highest BCUT2D eigenvalue weighted by Crippen LogP contribution is 2.06. The van der Waals surface area contributed by atoms with E-state index in [-0.39, 0.29) is 5.50 Å². The summed E-state index contributed by atoms with van der Waals surface area (Å²) < 4.78 is 0. The highest BCUT2D eigenvalue weighted by Gasteiger charge is 1.97.